The van der Waals surface area contributed by atoms with Gasteiger partial charge in [0.1, 0.15) is 36.8 Å². The number of hydrogen-bond donors (Lipinski definition) is 6. The number of unbranched alkanes of at least 4 members (excludes halogenated alkanes) is 3. The average molecular weight is 737 g/mol. The first-order valence-corrected chi connectivity index (χ1v) is 19.5. The molecular weight excluding hydrogens is 672 g/mol. The van der Waals surface area contributed by atoms with E-state index in [4.69, 9.17) is 15.2 Å². The molecule has 0 aromatic carbocycles. The second-order valence-electron chi connectivity index (χ2n) is 14.8. The van der Waals surface area contributed by atoms with Gasteiger partial charge in [-0.05, 0) is 50.9 Å². The number of ether oxygens (including phenoxy) is 2. The van der Waals surface area contributed by atoms with Crippen LogP contribution in [0.4, 0.5) is 0 Å². The van der Waals surface area contributed by atoms with Gasteiger partial charge in [-0.2, -0.15) is 0 Å². The lowest BCUT2D eigenvalue weighted by Crippen LogP contribution is -2.62. The van der Waals surface area contributed by atoms with E-state index < -0.39 is 78.4 Å². The van der Waals surface area contributed by atoms with Gasteiger partial charge in [0.25, 0.3) is 0 Å². The van der Waals surface area contributed by atoms with E-state index in [1.54, 1.807) is 14.0 Å². The molecule has 3 rings (SSSR count). The zero-order valence-corrected chi connectivity index (χ0v) is 31.7. The average Bonchev–Trinajstić information content (AvgIpc) is 3.40. The normalized spacial score (nSPS) is 31.1. The quantitative estimate of drug-likeness (QED) is 0.0955. The topological polar surface area (TPSA) is 218 Å². The minimum absolute atomic E-state index is 0.207. The van der Waals surface area contributed by atoms with E-state index in [2.05, 4.69) is 28.2 Å². The largest absolute Gasteiger partial charge is 0.460 e. The number of aliphatic hydroxyl groups is 1. The summed E-state index contributed by atoms with van der Waals surface area (Å²) in [5.41, 5.74) is 5.98. The Balaban J connectivity index is 1.98. The van der Waals surface area contributed by atoms with Gasteiger partial charge in [0, 0.05) is 13.6 Å². The molecule has 0 aromatic heterocycles. The number of likely N-dealkylation sites (N-methyl/N-ethyl adjacent to an activating group) is 1. The van der Waals surface area contributed by atoms with Gasteiger partial charge in [-0.3, -0.25) is 28.8 Å². The molecule has 0 bridgehead atoms. The zero-order chi connectivity index (χ0) is 38.2. The molecule has 296 valence electrons. The molecule has 0 spiro atoms. The minimum Gasteiger partial charge on any atom is -0.460 e. The lowest BCUT2D eigenvalue weighted by atomic mass is 9.90. The number of cyclic esters (lactones) is 1. The molecule has 1 aliphatic heterocycles. The Labute approximate surface area is 308 Å². The van der Waals surface area contributed by atoms with Crippen molar-refractivity contribution in [3.8, 4) is 0 Å². The molecule has 6 atom stereocenters. The van der Waals surface area contributed by atoms with Crippen molar-refractivity contribution in [3.05, 3.63) is 0 Å². The number of amides is 5. The SMILES string of the molecule is CCCCCC[C@H]1OC(=O)CNC(=O)[C@H](CO[C@H]2C[C@H](O)C2)NC(=O)[C@H](CN)NC(=O)[C@H](C2CCCCCC2)NC(=O)[C@H](CCC)N(C)C(=O)[C@@H]1C. The van der Waals surface area contributed by atoms with E-state index in [9.17, 15) is 33.9 Å². The molecule has 52 heavy (non-hydrogen) atoms. The molecule has 3 fully saturated rings. The van der Waals surface area contributed by atoms with Crippen molar-refractivity contribution in [2.75, 3.05) is 26.7 Å². The molecule has 15 heteroatoms. The summed E-state index contributed by atoms with van der Waals surface area (Å²) in [5.74, 6) is -4.67. The Morgan fingerprint density at radius 2 is 1.50 bits per heavy atom. The lowest BCUT2D eigenvalue weighted by molar-refractivity contribution is -0.157. The molecule has 0 unspecified atom stereocenters. The number of carbonyl (C=O) groups is 6. The van der Waals surface area contributed by atoms with E-state index in [-0.39, 0.29) is 31.1 Å². The maximum atomic E-state index is 14.1. The van der Waals surface area contributed by atoms with Crippen LogP contribution in [-0.4, -0.2) is 115 Å². The summed E-state index contributed by atoms with van der Waals surface area (Å²) in [6.07, 6.45) is 9.22. The predicted molar refractivity (Wildman–Crippen MR) is 193 cm³/mol. The Kier molecular flexibility index (Phi) is 18.3. The fourth-order valence-electron chi connectivity index (χ4n) is 7.23. The van der Waals surface area contributed by atoms with Crippen molar-refractivity contribution in [3.63, 3.8) is 0 Å². The molecule has 0 radical (unpaired) electrons. The minimum atomic E-state index is -1.27. The molecule has 7 N–H and O–H groups in total. The molecule has 3 aliphatic rings. The number of nitrogens with one attached hydrogen (secondary N) is 4. The Morgan fingerprint density at radius 1 is 0.827 bits per heavy atom. The molecule has 0 aromatic rings. The van der Waals surface area contributed by atoms with Crippen LogP contribution in [0, 0.1) is 11.8 Å². The summed E-state index contributed by atoms with van der Waals surface area (Å²) in [5, 5.41) is 20.5. The van der Waals surface area contributed by atoms with Gasteiger partial charge < -0.3 is 46.5 Å². The predicted octanol–water partition coefficient (Wildman–Crippen LogP) is 1.19. The van der Waals surface area contributed by atoms with Crippen molar-refractivity contribution in [1.29, 1.82) is 0 Å². The van der Waals surface area contributed by atoms with E-state index in [0.717, 1.165) is 44.9 Å². The van der Waals surface area contributed by atoms with E-state index in [0.29, 0.717) is 51.4 Å². The van der Waals surface area contributed by atoms with Gasteiger partial charge >= 0.3 is 5.97 Å². The molecule has 15 nitrogen and oxygen atoms in total. The van der Waals surface area contributed by atoms with Crippen molar-refractivity contribution >= 4 is 35.5 Å². The first kappa shape index (κ1) is 43.1. The van der Waals surface area contributed by atoms with Crippen LogP contribution in [0.1, 0.15) is 117 Å². The smallest absolute Gasteiger partial charge is 0.325 e. The van der Waals surface area contributed by atoms with Crippen LogP contribution in [0.15, 0.2) is 0 Å². The van der Waals surface area contributed by atoms with Crippen molar-refractivity contribution < 1.29 is 43.3 Å². The standard InChI is InChI=1S/C37H64N6O9/c1-5-7-8-13-17-30-23(3)37(50)43(4)29(14-6-2)35(48)42-32(24-15-11-9-10-12-16-24)36(49)40-27(20-38)34(47)41-28(22-51-26-18-25(44)19-26)33(46)39-21-31(45)52-30/h23-30,32,44H,5-22,38H2,1-4H3,(H,39,46)(H,40,49)(H,41,47)(H,42,48)/t23-,25-,26-,27+,28+,29+,30-,32+/m1/s1. The first-order valence-electron chi connectivity index (χ1n) is 19.5. The van der Waals surface area contributed by atoms with Crippen LogP contribution < -0.4 is 27.0 Å². The highest BCUT2D eigenvalue weighted by Gasteiger charge is 2.39. The Morgan fingerprint density at radius 3 is 2.12 bits per heavy atom. The first-order chi connectivity index (χ1) is 24.9. The van der Waals surface area contributed by atoms with Gasteiger partial charge in [-0.15, -0.1) is 0 Å². The monoisotopic (exact) mass is 736 g/mol. The highest BCUT2D eigenvalue weighted by molar-refractivity contribution is 5.96. The summed E-state index contributed by atoms with van der Waals surface area (Å²) in [7, 11) is 1.56. The summed E-state index contributed by atoms with van der Waals surface area (Å²) in [6, 6.07) is -4.41. The van der Waals surface area contributed by atoms with E-state index >= 15 is 0 Å². The van der Waals surface area contributed by atoms with Gasteiger partial charge in [-0.1, -0.05) is 72.1 Å². The summed E-state index contributed by atoms with van der Waals surface area (Å²) in [6.45, 7) is 4.57. The lowest BCUT2D eigenvalue weighted by Gasteiger charge is -2.34. The third-order valence-electron chi connectivity index (χ3n) is 10.7. The molecular formula is C37H64N6O9. The van der Waals surface area contributed by atoms with Crippen molar-refractivity contribution in [2.45, 2.75) is 160 Å². The maximum absolute atomic E-state index is 14.1. The van der Waals surface area contributed by atoms with Crippen molar-refractivity contribution in [1.82, 2.24) is 26.2 Å². The Bertz CT molecular complexity index is 1190. The number of nitrogens with two attached hydrogens (primary N) is 1. The second-order valence-corrected chi connectivity index (χ2v) is 14.8. The summed E-state index contributed by atoms with van der Waals surface area (Å²) < 4.78 is 11.6. The second kappa shape index (κ2) is 22.0. The fraction of sp³-hybridized carbons (Fsp3) is 0.838. The third-order valence-corrected chi connectivity index (χ3v) is 10.7. The molecule has 2 saturated carbocycles. The molecule has 5 amide bonds. The summed E-state index contributed by atoms with van der Waals surface area (Å²) in [4.78, 5) is 83.7. The zero-order valence-electron chi connectivity index (χ0n) is 31.7. The summed E-state index contributed by atoms with van der Waals surface area (Å²) >= 11 is 0. The number of esters is 1. The fourth-order valence-corrected chi connectivity index (χ4v) is 7.23. The van der Waals surface area contributed by atoms with E-state index in [1.807, 2.05) is 6.92 Å². The van der Waals surface area contributed by atoms with Crippen LogP contribution in [0.3, 0.4) is 0 Å². The van der Waals surface area contributed by atoms with Gasteiger partial charge in [0.05, 0.1) is 24.7 Å². The van der Waals surface area contributed by atoms with Gasteiger partial charge in [0.15, 0.2) is 0 Å². The van der Waals surface area contributed by atoms with Crippen LogP contribution in [0.25, 0.3) is 0 Å². The highest BCUT2D eigenvalue weighted by Crippen LogP contribution is 2.27. The molecule has 2 aliphatic carbocycles. The maximum Gasteiger partial charge on any atom is 0.325 e. The number of carbonyl (C=O) groups excluding carboxylic acids is 6. The molecule has 1 saturated heterocycles. The van der Waals surface area contributed by atoms with Crippen LogP contribution >= 0.6 is 0 Å². The number of hydrogen-bond acceptors (Lipinski definition) is 10. The number of aliphatic hydroxyl groups excluding tert-OH is 1. The molecule has 1 heterocycles. The van der Waals surface area contributed by atoms with Crippen LogP contribution in [0.5, 0.6) is 0 Å². The van der Waals surface area contributed by atoms with Gasteiger partial charge in [0.2, 0.25) is 29.5 Å². The number of nitrogens with zero attached hydrogens (tertiary/aromatic N) is 1. The third kappa shape index (κ3) is 13.0. The number of rotatable bonds is 12. The van der Waals surface area contributed by atoms with Crippen LogP contribution in [0.2, 0.25) is 0 Å². The highest BCUT2D eigenvalue weighted by atomic mass is 16.5. The van der Waals surface area contributed by atoms with Gasteiger partial charge in [-0.25, -0.2) is 0 Å². The van der Waals surface area contributed by atoms with E-state index in [1.165, 1.54) is 4.90 Å². The Hall–Kier alpha value is -3.30. The van der Waals surface area contributed by atoms with Crippen LogP contribution in [-0.2, 0) is 38.2 Å². The van der Waals surface area contributed by atoms with Crippen molar-refractivity contribution in [2.24, 2.45) is 17.6 Å².